The number of esters is 1. The van der Waals surface area contributed by atoms with Gasteiger partial charge in [-0.15, -0.1) is 0 Å². The predicted octanol–water partition coefficient (Wildman–Crippen LogP) is 4.47. The van der Waals surface area contributed by atoms with E-state index < -0.39 is 23.4 Å². The largest absolute Gasteiger partial charge is 0.483 e. The van der Waals surface area contributed by atoms with E-state index in [1.807, 2.05) is 63.2 Å². The number of carbonyl (C=O) groups excluding carboxylic acids is 4. The van der Waals surface area contributed by atoms with Crippen LogP contribution in [0.3, 0.4) is 0 Å². The third-order valence-electron chi connectivity index (χ3n) is 6.44. The molecule has 3 aromatic rings. The zero-order valence-electron chi connectivity index (χ0n) is 24.6. The van der Waals surface area contributed by atoms with Gasteiger partial charge in [-0.1, -0.05) is 69.3 Å². The number of para-hydroxylation sites is 2. The van der Waals surface area contributed by atoms with Crippen LogP contribution in [0.1, 0.15) is 37.9 Å². The van der Waals surface area contributed by atoms with Crippen molar-refractivity contribution in [1.29, 1.82) is 0 Å². The molecule has 222 valence electrons. The van der Waals surface area contributed by atoms with Gasteiger partial charge in [0.15, 0.2) is 6.61 Å². The number of urea groups is 1. The van der Waals surface area contributed by atoms with Gasteiger partial charge in [-0.05, 0) is 41.3 Å². The normalized spacial score (nSPS) is 11.5. The summed E-state index contributed by atoms with van der Waals surface area (Å²) in [6, 6.07) is 22.3. The summed E-state index contributed by atoms with van der Waals surface area (Å²) in [5.41, 5.74) is 2.19. The number of nitrogens with one attached hydrogen (secondary N) is 3. The number of likely N-dealkylation sites (N-methyl/N-ethyl adjacent to an activating group) is 1. The lowest BCUT2D eigenvalue weighted by atomic mass is 9.82. The number of hydrogen-bond acceptors (Lipinski definition) is 6. The Morgan fingerprint density at radius 3 is 2.29 bits per heavy atom. The van der Waals surface area contributed by atoms with E-state index in [1.165, 1.54) is 12.0 Å². The highest BCUT2D eigenvalue weighted by Gasteiger charge is 2.30. The minimum atomic E-state index is -0.572. The number of ether oxygens (including phenoxy) is 2. The number of amides is 4. The lowest BCUT2D eigenvalue weighted by molar-refractivity contribution is -0.139. The molecule has 1 unspecified atom stereocenters. The number of nitrogens with zero attached hydrogens (tertiary/aromatic N) is 1. The fraction of sp³-hybridized carbons (Fsp3) is 0.312. The summed E-state index contributed by atoms with van der Waals surface area (Å²) in [5, 5.41) is 8.22. The van der Waals surface area contributed by atoms with Gasteiger partial charge in [-0.25, -0.2) is 4.79 Å². The Balaban J connectivity index is 1.62. The molecule has 0 aromatic heterocycles. The summed E-state index contributed by atoms with van der Waals surface area (Å²) in [6.45, 7) is 5.47. The molecule has 10 heteroatoms. The summed E-state index contributed by atoms with van der Waals surface area (Å²) in [5.74, 6) is -0.539. The second kappa shape index (κ2) is 14.7. The highest BCUT2D eigenvalue weighted by atomic mass is 16.5. The van der Waals surface area contributed by atoms with Crippen LogP contribution in [0.15, 0.2) is 78.9 Å². The van der Waals surface area contributed by atoms with Crippen molar-refractivity contribution in [3.05, 3.63) is 90.0 Å². The third-order valence-corrected chi connectivity index (χ3v) is 6.44. The van der Waals surface area contributed by atoms with Gasteiger partial charge in [0, 0.05) is 24.0 Å². The molecule has 0 heterocycles. The Kier molecular flexibility index (Phi) is 11.1. The quantitative estimate of drug-likeness (QED) is 0.290. The van der Waals surface area contributed by atoms with Crippen LogP contribution in [0.4, 0.5) is 16.2 Å². The summed E-state index contributed by atoms with van der Waals surface area (Å²) in [7, 11) is 3.00. The van der Waals surface area contributed by atoms with E-state index in [0.717, 1.165) is 5.69 Å². The van der Waals surface area contributed by atoms with Gasteiger partial charge in [0.05, 0.1) is 26.1 Å². The van der Waals surface area contributed by atoms with Gasteiger partial charge in [0.2, 0.25) is 5.91 Å². The molecule has 0 saturated carbocycles. The Bertz CT molecular complexity index is 1390. The molecule has 3 N–H and O–H groups in total. The van der Waals surface area contributed by atoms with Crippen molar-refractivity contribution in [2.24, 2.45) is 5.41 Å². The molecule has 4 amide bonds. The van der Waals surface area contributed by atoms with E-state index in [0.29, 0.717) is 22.6 Å². The average Bonchev–Trinajstić information content (AvgIpc) is 2.97. The van der Waals surface area contributed by atoms with E-state index in [2.05, 4.69) is 20.7 Å². The van der Waals surface area contributed by atoms with E-state index in [4.69, 9.17) is 4.74 Å². The third kappa shape index (κ3) is 9.36. The molecular weight excluding hydrogens is 536 g/mol. The van der Waals surface area contributed by atoms with Crippen molar-refractivity contribution in [2.45, 2.75) is 33.2 Å². The van der Waals surface area contributed by atoms with Crippen LogP contribution in [0.25, 0.3) is 0 Å². The number of carbonyl (C=O) groups is 4. The summed E-state index contributed by atoms with van der Waals surface area (Å²) in [4.78, 5) is 51.3. The zero-order chi connectivity index (χ0) is 30.7. The minimum Gasteiger partial charge on any atom is -0.483 e. The van der Waals surface area contributed by atoms with Crippen LogP contribution in [-0.2, 0) is 25.5 Å². The molecule has 0 aliphatic rings. The molecule has 0 spiro atoms. The fourth-order valence-corrected chi connectivity index (χ4v) is 4.19. The lowest BCUT2D eigenvalue weighted by Gasteiger charge is -2.33. The fourth-order valence-electron chi connectivity index (χ4n) is 4.19. The van der Waals surface area contributed by atoms with E-state index in [1.54, 1.807) is 43.4 Å². The molecule has 1 atom stereocenters. The highest BCUT2D eigenvalue weighted by molar-refractivity contribution is 5.94. The predicted molar refractivity (Wildman–Crippen MR) is 161 cm³/mol. The van der Waals surface area contributed by atoms with Gasteiger partial charge in [0.25, 0.3) is 5.91 Å². The van der Waals surface area contributed by atoms with Crippen LogP contribution in [-0.4, -0.2) is 51.1 Å². The Morgan fingerprint density at radius 2 is 1.60 bits per heavy atom. The average molecular weight is 575 g/mol. The van der Waals surface area contributed by atoms with Crippen LogP contribution >= 0.6 is 0 Å². The Morgan fingerprint density at radius 1 is 0.905 bits per heavy atom. The molecule has 0 fully saturated rings. The molecule has 0 saturated heterocycles. The smallest absolute Gasteiger partial charge is 0.319 e. The molecule has 42 heavy (non-hydrogen) atoms. The van der Waals surface area contributed by atoms with E-state index >= 15 is 0 Å². The van der Waals surface area contributed by atoms with Crippen LogP contribution < -0.4 is 25.6 Å². The van der Waals surface area contributed by atoms with Crippen molar-refractivity contribution in [3.8, 4) is 5.75 Å². The first-order valence-corrected chi connectivity index (χ1v) is 13.5. The summed E-state index contributed by atoms with van der Waals surface area (Å²) >= 11 is 0. The zero-order valence-corrected chi connectivity index (χ0v) is 24.6. The van der Waals surface area contributed by atoms with Gasteiger partial charge in [-0.2, -0.15) is 0 Å². The number of anilines is 2. The second-order valence-electron chi connectivity index (χ2n) is 10.7. The number of benzene rings is 3. The Hall–Kier alpha value is -4.86. The maximum absolute atomic E-state index is 13.0. The Labute approximate surface area is 246 Å². The van der Waals surface area contributed by atoms with Crippen molar-refractivity contribution >= 4 is 35.2 Å². The van der Waals surface area contributed by atoms with Crippen molar-refractivity contribution in [3.63, 3.8) is 0 Å². The summed E-state index contributed by atoms with van der Waals surface area (Å²) in [6.07, 6.45) is 0.0767. The lowest BCUT2D eigenvalue weighted by Crippen LogP contribution is -2.43. The molecule has 3 rings (SSSR count). The number of methoxy groups -OCH3 is 1. The van der Waals surface area contributed by atoms with Crippen LogP contribution in [0.5, 0.6) is 5.75 Å². The van der Waals surface area contributed by atoms with E-state index in [9.17, 15) is 19.2 Å². The van der Waals surface area contributed by atoms with E-state index in [-0.39, 0.29) is 31.4 Å². The first-order chi connectivity index (χ1) is 20.0. The van der Waals surface area contributed by atoms with Crippen LogP contribution in [0, 0.1) is 5.41 Å². The van der Waals surface area contributed by atoms with Gasteiger partial charge in [0.1, 0.15) is 5.75 Å². The monoisotopic (exact) mass is 574 g/mol. The topological polar surface area (TPSA) is 126 Å². The first kappa shape index (κ1) is 31.7. The maximum Gasteiger partial charge on any atom is 0.319 e. The van der Waals surface area contributed by atoms with Crippen molar-refractivity contribution in [1.82, 2.24) is 10.6 Å². The molecule has 3 aromatic carbocycles. The first-order valence-electron chi connectivity index (χ1n) is 13.5. The van der Waals surface area contributed by atoms with Crippen LogP contribution in [0.2, 0.25) is 0 Å². The summed E-state index contributed by atoms with van der Waals surface area (Å²) < 4.78 is 10.6. The van der Waals surface area contributed by atoms with Crippen molar-refractivity contribution in [2.75, 3.05) is 37.5 Å². The molecule has 0 aliphatic heterocycles. The van der Waals surface area contributed by atoms with Crippen molar-refractivity contribution < 1.29 is 28.7 Å². The standard InChI is InChI=1S/C32H38N4O6/c1-32(2,3)30(25-16-9-10-17-26(25)42-21-28(38)36(4)24-14-7-6-8-15-24)35-27(37)20-33-31(40)34-23-13-11-12-22(18-23)19-29(39)41-5/h6-18,30H,19-21H2,1-5H3,(H,35,37)(H2,33,34,40). The highest BCUT2D eigenvalue weighted by Crippen LogP contribution is 2.37. The molecular formula is C32H38N4O6. The maximum atomic E-state index is 13.0. The van der Waals surface area contributed by atoms with Gasteiger partial charge < -0.3 is 30.3 Å². The number of hydrogen-bond donors (Lipinski definition) is 3. The molecule has 0 radical (unpaired) electrons. The van der Waals surface area contributed by atoms with Gasteiger partial charge >= 0.3 is 12.0 Å². The van der Waals surface area contributed by atoms with Gasteiger partial charge in [-0.3, -0.25) is 14.4 Å². The molecule has 0 bridgehead atoms. The second-order valence-corrected chi connectivity index (χ2v) is 10.7. The number of rotatable bonds is 11. The molecule has 10 nitrogen and oxygen atoms in total. The molecule has 0 aliphatic carbocycles. The SMILES string of the molecule is COC(=O)Cc1cccc(NC(=O)NCC(=O)NC(c2ccccc2OCC(=O)N(C)c2ccccc2)C(C)(C)C)c1. The minimum absolute atomic E-state index is 0.0767.